The third kappa shape index (κ3) is 3.61. The standard InChI is InChI=1S/C29H45NO3/c1-6-13-28(14-7-2)24-10-8-9-23-12-16-29(32-17-18-33-29)27(23,5)15-11-21(3)26(24,4)19-22(20-30)25(28)31/h10,21,23,31H,6-9,11-19H2,1-5H3/b24-10+/t21-,23-,26-,27+/m1/s1. The van der Waals surface area contributed by atoms with E-state index < -0.39 is 5.79 Å². The minimum absolute atomic E-state index is 0.0358. The smallest absolute Gasteiger partial charge is 0.174 e. The van der Waals surface area contributed by atoms with Crippen molar-refractivity contribution in [1.29, 1.82) is 5.26 Å². The van der Waals surface area contributed by atoms with Gasteiger partial charge in [-0.1, -0.05) is 59.1 Å². The number of allylic oxidation sites excluding steroid dienone is 3. The molecule has 1 saturated carbocycles. The number of rotatable bonds is 4. The lowest BCUT2D eigenvalue weighted by Crippen LogP contribution is -2.48. The van der Waals surface area contributed by atoms with Crippen LogP contribution < -0.4 is 0 Å². The number of nitriles is 1. The third-order valence-electron chi connectivity index (χ3n) is 10.3. The molecule has 0 aromatic heterocycles. The van der Waals surface area contributed by atoms with E-state index in [4.69, 9.17) is 9.47 Å². The van der Waals surface area contributed by atoms with Gasteiger partial charge in [0, 0.05) is 17.3 Å². The summed E-state index contributed by atoms with van der Waals surface area (Å²) >= 11 is 0. The van der Waals surface area contributed by atoms with Gasteiger partial charge in [-0.25, -0.2) is 0 Å². The Morgan fingerprint density at radius 3 is 2.33 bits per heavy atom. The Hall–Kier alpha value is -1.31. The van der Waals surface area contributed by atoms with Crippen molar-refractivity contribution in [3.63, 3.8) is 0 Å². The van der Waals surface area contributed by atoms with E-state index in [-0.39, 0.29) is 16.2 Å². The molecule has 4 atom stereocenters. The Morgan fingerprint density at radius 2 is 1.73 bits per heavy atom. The fourth-order valence-corrected chi connectivity index (χ4v) is 8.28. The van der Waals surface area contributed by atoms with E-state index in [9.17, 15) is 10.4 Å². The maximum atomic E-state index is 11.5. The normalized spacial score (nSPS) is 39.5. The maximum Gasteiger partial charge on any atom is 0.174 e. The number of hydrogen-bond acceptors (Lipinski definition) is 4. The average molecular weight is 456 g/mol. The molecule has 4 rings (SSSR count). The van der Waals surface area contributed by atoms with E-state index in [1.54, 1.807) is 0 Å². The van der Waals surface area contributed by atoms with E-state index in [1.165, 1.54) is 12.0 Å². The second-order valence-electron chi connectivity index (χ2n) is 11.9. The van der Waals surface area contributed by atoms with Gasteiger partial charge in [0.05, 0.1) is 24.9 Å². The molecule has 1 heterocycles. The van der Waals surface area contributed by atoms with Crippen molar-refractivity contribution in [2.45, 2.75) is 111 Å². The Bertz CT molecular complexity index is 839. The SMILES string of the molecule is CCCC1(CCC)C(O)=C(C#N)C[C@@]2(C)/C1=C\CC[C@@H]1CCC3(OCCO3)[C@@]1(C)CC[C@H]2C. The first kappa shape index (κ1) is 24.8. The molecule has 1 saturated heterocycles. The Balaban J connectivity index is 1.79. The molecule has 4 nitrogen and oxygen atoms in total. The van der Waals surface area contributed by atoms with Gasteiger partial charge in [-0.2, -0.15) is 5.26 Å². The van der Waals surface area contributed by atoms with E-state index >= 15 is 0 Å². The lowest BCUT2D eigenvalue weighted by atomic mass is 9.51. The van der Waals surface area contributed by atoms with E-state index in [1.807, 2.05) is 0 Å². The lowest BCUT2D eigenvalue weighted by molar-refractivity contribution is -0.228. The summed E-state index contributed by atoms with van der Waals surface area (Å²) in [7, 11) is 0. The number of hydrogen-bond donors (Lipinski definition) is 1. The summed E-state index contributed by atoms with van der Waals surface area (Å²) in [5.74, 6) is 0.973. The average Bonchev–Trinajstić information content (AvgIpc) is 3.38. The zero-order valence-corrected chi connectivity index (χ0v) is 21.6. The molecule has 4 heteroatoms. The van der Waals surface area contributed by atoms with Crippen LogP contribution in [-0.4, -0.2) is 24.1 Å². The Kier molecular flexibility index (Phi) is 6.80. The summed E-state index contributed by atoms with van der Waals surface area (Å²) < 4.78 is 12.7. The van der Waals surface area contributed by atoms with Crippen molar-refractivity contribution in [3.8, 4) is 6.07 Å². The predicted octanol–water partition coefficient (Wildman–Crippen LogP) is 7.61. The van der Waals surface area contributed by atoms with Crippen LogP contribution in [0.25, 0.3) is 0 Å². The van der Waals surface area contributed by atoms with Crippen molar-refractivity contribution < 1.29 is 14.6 Å². The largest absolute Gasteiger partial charge is 0.510 e. The highest BCUT2D eigenvalue weighted by atomic mass is 16.7. The minimum atomic E-state index is -0.402. The molecular weight excluding hydrogens is 410 g/mol. The second-order valence-corrected chi connectivity index (χ2v) is 11.9. The number of fused-ring (bicyclic) bond motifs is 3. The van der Waals surface area contributed by atoms with Gasteiger partial charge in [0.2, 0.25) is 0 Å². The van der Waals surface area contributed by atoms with Crippen LogP contribution in [0, 0.1) is 39.4 Å². The molecule has 0 aromatic carbocycles. The number of ether oxygens (including phenoxy) is 2. The predicted molar refractivity (Wildman–Crippen MR) is 131 cm³/mol. The van der Waals surface area contributed by atoms with Gasteiger partial charge in [-0.05, 0) is 68.6 Å². The molecule has 3 aliphatic carbocycles. The highest BCUT2D eigenvalue weighted by Crippen LogP contribution is 2.64. The van der Waals surface area contributed by atoms with Gasteiger partial charge in [0.1, 0.15) is 5.76 Å². The van der Waals surface area contributed by atoms with Crippen molar-refractivity contribution in [1.82, 2.24) is 0 Å². The highest BCUT2D eigenvalue weighted by molar-refractivity contribution is 5.44. The molecule has 4 aliphatic rings. The molecule has 33 heavy (non-hydrogen) atoms. The van der Waals surface area contributed by atoms with Crippen LogP contribution in [0.15, 0.2) is 23.0 Å². The van der Waals surface area contributed by atoms with Gasteiger partial charge in [0.25, 0.3) is 0 Å². The summed E-state index contributed by atoms with van der Waals surface area (Å²) in [5, 5.41) is 21.5. The van der Waals surface area contributed by atoms with Crippen molar-refractivity contribution in [2.75, 3.05) is 13.2 Å². The summed E-state index contributed by atoms with van der Waals surface area (Å²) in [6.45, 7) is 13.0. The summed E-state index contributed by atoms with van der Waals surface area (Å²) in [5.41, 5.74) is 1.58. The molecule has 1 aliphatic heterocycles. The molecule has 0 unspecified atom stereocenters. The number of aliphatic hydroxyl groups excluding tert-OH is 1. The maximum absolute atomic E-state index is 11.5. The van der Waals surface area contributed by atoms with Crippen LogP contribution >= 0.6 is 0 Å². The van der Waals surface area contributed by atoms with Gasteiger partial charge in [-0.3, -0.25) is 0 Å². The second kappa shape index (κ2) is 9.04. The van der Waals surface area contributed by atoms with Crippen LogP contribution in [0.1, 0.15) is 105 Å². The summed E-state index contributed by atoms with van der Waals surface area (Å²) in [6, 6.07) is 2.41. The third-order valence-corrected chi connectivity index (χ3v) is 10.3. The van der Waals surface area contributed by atoms with Crippen LogP contribution in [0.2, 0.25) is 0 Å². The fraction of sp³-hybridized carbons (Fsp3) is 0.828. The number of aliphatic hydroxyl groups is 1. The van der Waals surface area contributed by atoms with Crippen LogP contribution in [0.4, 0.5) is 0 Å². The molecule has 184 valence electrons. The molecule has 0 bridgehead atoms. The molecule has 2 fully saturated rings. The first-order chi connectivity index (χ1) is 15.7. The van der Waals surface area contributed by atoms with E-state index in [0.29, 0.717) is 42.8 Å². The van der Waals surface area contributed by atoms with Gasteiger partial charge >= 0.3 is 0 Å². The fourth-order valence-electron chi connectivity index (χ4n) is 8.28. The zero-order chi connectivity index (χ0) is 23.9. The highest BCUT2D eigenvalue weighted by Gasteiger charge is 2.61. The quantitative estimate of drug-likeness (QED) is 0.443. The molecule has 1 N–H and O–H groups in total. The molecule has 0 radical (unpaired) electrons. The monoisotopic (exact) mass is 455 g/mol. The van der Waals surface area contributed by atoms with E-state index in [2.05, 4.69) is 46.8 Å². The molecule has 0 aromatic rings. The lowest BCUT2D eigenvalue weighted by Gasteiger charge is -2.53. The van der Waals surface area contributed by atoms with E-state index in [0.717, 1.165) is 57.8 Å². The molecule has 0 amide bonds. The summed E-state index contributed by atoms with van der Waals surface area (Å²) in [4.78, 5) is 0. The van der Waals surface area contributed by atoms with Crippen molar-refractivity contribution >= 4 is 0 Å². The van der Waals surface area contributed by atoms with Crippen LogP contribution in [-0.2, 0) is 9.47 Å². The summed E-state index contributed by atoms with van der Waals surface area (Å²) in [6.07, 6.45) is 13.5. The topological polar surface area (TPSA) is 62.5 Å². The zero-order valence-electron chi connectivity index (χ0n) is 21.6. The Labute approximate surface area is 201 Å². The first-order valence-corrected chi connectivity index (χ1v) is 13.5. The van der Waals surface area contributed by atoms with Crippen molar-refractivity contribution in [2.24, 2.45) is 28.1 Å². The molecule has 1 spiro atoms. The van der Waals surface area contributed by atoms with Crippen molar-refractivity contribution in [3.05, 3.63) is 23.0 Å². The van der Waals surface area contributed by atoms with Crippen LogP contribution in [0.5, 0.6) is 0 Å². The number of nitrogens with zero attached hydrogens (tertiary/aromatic N) is 1. The van der Waals surface area contributed by atoms with Gasteiger partial charge in [-0.15, -0.1) is 0 Å². The first-order valence-electron chi connectivity index (χ1n) is 13.5. The van der Waals surface area contributed by atoms with Gasteiger partial charge < -0.3 is 14.6 Å². The van der Waals surface area contributed by atoms with Crippen LogP contribution in [0.3, 0.4) is 0 Å². The van der Waals surface area contributed by atoms with Gasteiger partial charge in [0.15, 0.2) is 5.79 Å². The minimum Gasteiger partial charge on any atom is -0.510 e. The Morgan fingerprint density at radius 1 is 1.06 bits per heavy atom. The molecular formula is C29H45NO3.